The van der Waals surface area contributed by atoms with E-state index in [1.54, 1.807) is 0 Å². The largest absolute Gasteiger partial charge is 0.316 e. The van der Waals surface area contributed by atoms with Crippen molar-refractivity contribution in [2.45, 2.75) is 47.0 Å². The standard InChI is InChI=1S/C7H14N2.C3H8.C2H6/c1-3-8-5-7(1)2-4-9-6-7;1-3-2;1-2/h8-9H,1-6H2;3H2,1-2H3;1-2H3. The lowest BCUT2D eigenvalue weighted by Gasteiger charge is -2.18. The smallest absolute Gasteiger partial charge is 0.00209 e. The van der Waals surface area contributed by atoms with Crippen LogP contribution in [0.1, 0.15) is 47.0 Å². The highest BCUT2D eigenvalue weighted by Crippen LogP contribution is 2.31. The average molecular weight is 200 g/mol. The molecule has 0 aromatic carbocycles. The molecule has 0 radical (unpaired) electrons. The van der Waals surface area contributed by atoms with E-state index in [0.717, 1.165) is 0 Å². The topological polar surface area (TPSA) is 24.1 Å². The maximum Gasteiger partial charge on any atom is 0.00209 e. The third-order valence-corrected chi connectivity index (χ3v) is 2.66. The molecule has 0 bridgehead atoms. The van der Waals surface area contributed by atoms with E-state index in [1.807, 2.05) is 13.8 Å². The van der Waals surface area contributed by atoms with Gasteiger partial charge in [-0.1, -0.05) is 34.1 Å². The maximum absolute atomic E-state index is 3.42. The van der Waals surface area contributed by atoms with Crippen LogP contribution in [0.5, 0.6) is 0 Å². The van der Waals surface area contributed by atoms with Crippen molar-refractivity contribution in [1.82, 2.24) is 10.6 Å². The van der Waals surface area contributed by atoms with E-state index in [4.69, 9.17) is 0 Å². The lowest BCUT2D eigenvalue weighted by molar-refractivity contribution is 0.365. The third kappa shape index (κ3) is 4.43. The zero-order chi connectivity index (χ0) is 10.9. The minimum Gasteiger partial charge on any atom is -0.316 e. The Bertz CT molecular complexity index is 94.0. The first-order chi connectivity index (χ1) is 6.83. The molecule has 2 heterocycles. The van der Waals surface area contributed by atoms with Crippen LogP contribution in [0.2, 0.25) is 0 Å². The summed E-state index contributed by atoms with van der Waals surface area (Å²) in [5.74, 6) is 0. The molecule has 0 amide bonds. The molecule has 2 rings (SSSR count). The van der Waals surface area contributed by atoms with Crippen LogP contribution in [0.3, 0.4) is 0 Å². The van der Waals surface area contributed by atoms with E-state index in [-0.39, 0.29) is 0 Å². The van der Waals surface area contributed by atoms with Crippen LogP contribution in [-0.4, -0.2) is 26.2 Å². The number of hydrogen-bond donors (Lipinski definition) is 2. The second kappa shape index (κ2) is 8.25. The lowest BCUT2D eigenvalue weighted by atomic mass is 9.87. The molecule has 0 saturated carbocycles. The Labute approximate surface area is 89.9 Å². The van der Waals surface area contributed by atoms with Crippen molar-refractivity contribution in [3.63, 3.8) is 0 Å². The molecule has 1 spiro atoms. The summed E-state index contributed by atoms with van der Waals surface area (Å²) in [5.41, 5.74) is 0.667. The molecular weight excluding hydrogens is 172 g/mol. The Balaban J connectivity index is 0.000000294. The number of nitrogens with one attached hydrogen (secondary N) is 2. The minimum atomic E-state index is 0.667. The normalized spacial score (nSPS) is 22.3. The van der Waals surface area contributed by atoms with Crippen LogP contribution in [0.25, 0.3) is 0 Å². The SMILES string of the molecule is C1CC2(CCNC2)CN1.CC.CCC. The van der Waals surface area contributed by atoms with Gasteiger partial charge in [0, 0.05) is 13.1 Å². The van der Waals surface area contributed by atoms with E-state index in [1.165, 1.54) is 45.4 Å². The van der Waals surface area contributed by atoms with E-state index in [2.05, 4.69) is 24.5 Å². The summed E-state index contributed by atoms with van der Waals surface area (Å²) in [7, 11) is 0. The molecule has 86 valence electrons. The maximum atomic E-state index is 3.42. The van der Waals surface area contributed by atoms with Gasteiger partial charge in [0.15, 0.2) is 0 Å². The predicted molar refractivity (Wildman–Crippen MR) is 64.7 cm³/mol. The van der Waals surface area contributed by atoms with Crippen molar-refractivity contribution >= 4 is 0 Å². The Morgan fingerprint density at radius 1 is 0.929 bits per heavy atom. The van der Waals surface area contributed by atoms with Gasteiger partial charge < -0.3 is 10.6 Å². The molecular formula is C12H28N2. The van der Waals surface area contributed by atoms with Crippen molar-refractivity contribution in [3.05, 3.63) is 0 Å². The van der Waals surface area contributed by atoms with Gasteiger partial charge in [0.25, 0.3) is 0 Å². The lowest BCUT2D eigenvalue weighted by Crippen LogP contribution is -2.26. The third-order valence-electron chi connectivity index (χ3n) is 2.66. The van der Waals surface area contributed by atoms with E-state index in [9.17, 15) is 0 Å². The molecule has 2 aliphatic heterocycles. The summed E-state index contributed by atoms with van der Waals surface area (Å²) >= 11 is 0. The Morgan fingerprint density at radius 3 is 1.50 bits per heavy atom. The minimum absolute atomic E-state index is 0.667. The highest BCUT2D eigenvalue weighted by Gasteiger charge is 2.35. The summed E-state index contributed by atoms with van der Waals surface area (Å²) in [6.07, 6.45) is 4.03. The van der Waals surface area contributed by atoms with Crippen LogP contribution >= 0.6 is 0 Å². The van der Waals surface area contributed by atoms with Gasteiger partial charge in [-0.3, -0.25) is 0 Å². The molecule has 0 unspecified atom stereocenters. The Kier molecular flexibility index (Phi) is 8.20. The van der Waals surface area contributed by atoms with Gasteiger partial charge in [-0.25, -0.2) is 0 Å². The van der Waals surface area contributed by atoms with Crippen LogP contribution in [0.4, 0.5) is 0 Å². The highest BCUT2D eigenvalue weighted by atomic mass is 15.0. The summed E-state index contributed by atoms with van der Waals surface area (Å²) in [5, 5.41) is 6.83. The van der Waals surface area contributed by atoms with Gasteiger partial charge in [-0.05, 0) is 31.3 Å². The van der Waals surface area contributed by atoms with E-state index in [0.29, 0.717) is 5.41 Å². The summed E-state index contributed by atoms with van der Waals surface area (Å²) in [6.45, 7) is 13.2. The molecule has 2 nitrogen and oxygen atoms in total. The van der Waals surface area contributed by atoms with Crippen LogP contribution in [0, 0.1) is 5.41 Å². The summed E-state index contributed by atoms with van der Waals surface area (Å²) < 4.78 is 0. The zero-order valence-corrected chi connectivity index (χ0v) is 10.4. The van der Waals surface area contributed by atoms with Crippen LogP contribution < -0.4 is 10.6 Å². The van der Waals surface area contributed by atoms with Gasteiger partial charge in [0.05, 0.1) is 0 Å². The molecule has 0 aromatic heterocycles. The fourth-order valence-corrected chi connectivity index (χ4v) is 1.96. The number of hydrogen-bond acceptors (Lipinski definition) is 2. The van der Waals surface area contributed by atoms with Crippen LogP contribution in [-0.2, 0) is 0 Å². The molecule has 2 heteroatoms. The first-order valence-corrected chi connectivity index (χ1v) is 6.24. The van der Waals surface area contributed by atoms with Crippen LogP contribution in [0.15, 0.2) is 0 Å². The van der Waals surface area contributed by atoms with Gasteiger partial charge in [0.2, 0.25) is 0 Å². The van der Waals surface area contributed by atoms with E-state index >= 15 is 0 Å². The van der Waals surface area contributed by atoms with Crippen molar-refractivity contribution in [1.29, 1.82) is 0 Å². The van der Waals surface area contributed by atoms with Gasteiger partial charge in [-0.15, -0.1) is 0 Å². The van der Waals surface area contributed by atoms with Crippen molar-refractivity contribution in [2.24, 2.45) is 5.41 Å². The molecule has 0 aromatic rings. The fourth-order valence-electron chi connectivity index (χ4n) is 1.96. The van der Waals surface area contributed by atoms with Gasteiger partial charge >= 0.3 is 0 Å². The Morgan fingerprint density at radius 2 is 1.29 bits per heavy atom. The zero-order valence-electron chi connectivity index (χ0n) is 10.4. The van der Waals surface area contributed by atoms with Crippen molar-refractivity contribution < 1.29 is 0 Å². The second-order valence-electron chi connectivity index (χ2n) is 4.06. The molecule has 2 fully saturated rings. The molecule has 0 atom stereocenters. The Hall–Kier alpha value is -0.0800. The van der Waals surface area contributed by atoms with Gasteiger partial charge in [0.1, 0.15) is 0 Å². The van der Waals surface area contributed by atoms with Crippen molar-refractivity contribution in [2.75, 3.05) is 26.2 Å². The fraction of sp³-hybridized carbons (Fsp3) is 1.00. The number of rotatable bonds is 0. The molecule has 14 heavy (non-hydrogen) atoms. The quantitative estimate of drug-likeness (QED) is 0.627. The van der Waals surface area contributed by atoms with Gasteiger partial charge in [-0.2, -0.15) is 0 Å². The summed E-state index contributed by atoms with van der Waals surface area (Å²) in [4.78, 5) is 0. The predicted octanol–water partition coefficient (Wildman–Crippen LogP) is 2.40. The summed E-state index contributed by atoms with van der Waals surface area (Å²) in [6, 6.07) is 0. The highest BCUT2D eigenvalue weighted by molar-refractivity contribution is 4.93. The molecule has 2 saturated heterocycles. The molecule has 2 N–H and O–H groups in total. The molecule has 0 aliphatic carbocycles. The van der Waals surface area contributed by atoms with Crippen molar-refractivity contribution in [3.8, 4) is 0 Å². The monoisotopic (exact) mass is 200 g/mol. The first-order valence-electron chi connectivity index (χ1n) is 6.24. The molecule has 2 aliphatic rings. The average Bonchev–Trinajstić information content (AvgIpc) is 2.85. The van der Waals surface area contributed by atoms with E-state index < -0.39 is 0 Å². The second-order valence-corrected chi connectivity index (χ2v) is 4.06. The first kappa shape index (κ1) is 13.9.